The lowest BCUT2D eigenvalue weighted by Crippen LogP contribution is -2.09. The Morgan fingerprint density at radius 1 is 1.03 bits per heavy atom. The maximum Gasteiger partial charge on any atom is 0.296 e. The molecule has 0 radical (unpaired) electrons. The van der Waals surface area contributed by atoms with Gasteiger partial charge in [-0.05, 0) is 36.0 Å². The van der Waals surface area contributed by atoms with Crippen molar-refractivity contribution in [1.82, 2.24) is 15.0 Å². The highest BCUT2D eigenvalue weighted by Gasteiger charge is 2.17. The lowest BCUT2D eigenvalue weighted by Gasteiger charge is -2.12. The fraction of sp³-hybridized carbons (Fsp3) is 0. The van der Waals surface area contributed by atoms with Crippen molar-refractivity contribution in [3.05, 3.63) is 72.3 Å². The molecule has 35 heavy (non-hydrogen) atoms. The van der Waals surface area contributed by atoms with Crippen molar-refractivity contribution < 1.29 is 13.0 Å². The summed E-state index contributed by atoms with van der Waals surface area (Å²) in [6.07, 6.45) is 1.38. The number of rotatable bonds is 8. The van der Waals surface area contributed by atoms with Crippen molar-refractivity contribution >= 4 is 55.7 Å². The molecule has 0 aliphatic carbocycles. The van der Waals surface area contributed by atoms with Gasteiger partial charge in [0.25, 0.3) is 10.1 Å². The van der Waals surface area contributed by atoms with E-state index >= 15 is 0 Å². The molecule has 2 aromatic carbocycles. The van der Waals surface area contributed by atoms with Crippen molar-refractivity contribution in [3.63, 3.8) is 0 Å². The normalized spacial score (nSPS) is 10.9. The molecular weight excluding hydrogens is 488 g/mol. The van der Waals surface area contributed by atoms with E-state index in [1.165, 1.54) is 35.7 Å². The molecule has 0 spiro atoms. The monoisotopic (exact) mass is 506 g/mol. The third-order valence-electron chi connectivity index (χ3n) is 4.66. The van der Waals surface area contributed by atoms with E-state index in [0.29, 0.717) is 16.3 Å². The highest BCUT2D eigenvalue weighted by Crippen LogP contribution is 2.33. The summed E-state index contributed by atoms with van der Waals surface area (Å²) in [6.45, 7) is 3.59. The largest absolute Gasteiger partial charge is 0.389 e. The zero-order valence-corrected chi connectivity index (χ0v) is 19.6. The molecule has 13 heteroatoms. The summed E-state index contributed by atoms with van der Waals surface area (Å²) in [5.41, 5.74) is 8.61. The average molecular weight is 507 g/mol. The molecule has 176 valence electrons. The minimum absolute atomic E-state index is 0.0204. The third-order valence-corrected chi connectivity index (χ3v) is 6.38. The first-order valence-corrected chi connectivity index (χ1v) is 12.2. The van der Waals surface area contributed by atoms with Gasteiger partial charge in [0, 0.05) is 16.6 Å². The van der Waals surface area contributed by atoms with E-state index in [1.54, 1.807) is 18.2 Å². The molecule has 0 bridgehead atoms. The van der Waals surface area contributed by atoms with Gasteiger partial charge in [-0.3, -0.25) is 4.55 Å². The predicted molar refractivity (Wildman–Crippen MR) is 135 cm³/mol. The first-order chi connectivity index (χ1) is 16.8. The highest BCUT2D eigenvalue weighted by atomic mass is 32.2. The Balaban J connectivity index is 1.62. The van der Waals surface area contributed by atoms with E-state index in [9.17, 15) is 18.2 Å². The second-order valence-corrected chi connectivity index (χ2v) is 9.25. The van der Waals surface area contributed by atoms with Crippen LogP contribution < -0.4 is 21.7 Å². The summed E-state index contributed by atoms with van der Waals surface area (Å²) in [5.74, 6) is 0.321. The maximum atomic E-state index is 11.7. The van der Waals surface area contributed by atoms with Gasteiger partial charge in [-0.1, -0.05) is 30.8 Å². The standard InChI is InChI=1S/C22H18N8O3S2/c1-2-25-20-28-21(30-22(29-20)27-17-5-3-4-6-18(17)35(31,32)33)26-14-9-7-13(8-10-14)16-12-34-19(24)15(16)11-23/h2-10,12H,1,24H2,(H,31,32,33)(H3,25,26,27,28,29,30). The number of thiophene rings is 1. The van der Waals surface area contributed by atoms with Crippen LogP contribution in [0.5, 0.6) is 0 Å². The molecule has 0 saturated heterocycles. The lowest BCUT2D eigenvalue weighted by molar-refractivity contribution is 0.483. The summed E-state index contributed by atoms with van der Waals surface area (Å²) in [5, 5.41) is 20.2. The smallest absolute Gasteiger partial charge is 0.296 e. The first kappa shape index (κ1) is 23.6. The summed E-state index contributed by atoms with van der Waals surface area (Å²) in [6, 6.07) is 15.1. The molecule has 0 aliphatic heterocycles. The van der Waals surface area contributed by atoms with Gasteiger partial charge in [0.2, 0.25) is 17.8 Å². The highest BCUT2D eigenvalue weighted by molar-refractivity contribution is 7.86. The Kier molecular flexibility index (Phi) is 6.60. The summed E-state index contributed by atoms with van der Waals surface area (Å²) in [7, 11) is -4.47. The summed E-state index contributed by atoms with van der Waals surface area (Å²) in [4.78, 5) is 12.4. The number of aromatic nitrogens is 3. The van der Waals surface area contributed by atoms with Crippen LogP contribution in [0.2, 0.25) is 0 Å². The van der Waals surface area contributed by atoms with Crippen LogP contribution in [0, 0.1) is 11.3 Å². The number of hydrogen-bond donors (Lipinski definition) is 5. The van der Waals surface area contributed by atoms with Gasteiger partial charge in [0.05, 0.1) is 11.3 Å². The Morgan fingerprint density at radius 2 is 1.69 bits per heavy atom. The molecule has 2 aromatic heterocycles. The van der Waals surface area contributed by atoms with E-state index in [4.69, 9.17) is 5.73 Å². The Hall–Kier alpha value is -4.51. The molecule has 6 N–H and O–H groups in total. The number of nitriles is 1. The van der Waals surface area contributed by atoms with Gasteiger partial charge < -0.3 is 21.7 Å². The molecule has 0 unspecified atom stereocenters. The van der Waals surface area contributed by atoms with Crippen LogP contribution in [0.25, 0.3) is 11.1 Å². The van der Waals surface area contributed by atoms with Crippen molar-refractivity contribution in [2.24, 2.45) is 0 Å². The quantitative estimate of drug-likeness (QED) is 0.214. The van der Waals surface area contributed by atoms with Gasteiger partial charge in [-0.25, -0.2) is 0 Å². The van der Waals surface area contributed by atoms with Crippen LogP contribution in [0.3, 0.4) is 0 Å². The van der Waals surface area contributed by atoms with E-state index < -0.39 is 10.1 Å². The van der Waals surface area contributed by atoms with Crippen LogP contribution >= 0.6 is 11.3 Å². The van der Waals surface area contributed by atoms with Crippen molar-refractivity contribution in [2.45, 2.75) is 4.90 Å². The number of para-hydroxylation sites is 1. The molecule has 0 atom stereocenters. The molecule has 0 fully saturated rings. The number of hydrogen-bond acceptors (Lipinski definition) is 11. The molecule has 11 nitrogen and oxygen atoms in total. The first-order valence-electron chi connectivity index (χ1n) is 9.90. The van der Waals surface area contributed by atoms with Crippen LogP contribution in [0.1, 0.15) is 5.56 Å². The van der Waals surface area contributed by atoms with Crippen molar-refractivity contribution in [3.8, 4) is 17.2 Å². The zero-order valence-electron chi connectivity index (χ0n) is 17.9. The zero-order chi connectivity index (χ0) is 25.0. The fourth-order valence-corrected chi connectivity index (χ4v) is 4.54. The SMILES string of the molecule is C=CNc1nc(Nc2ccc(-c3csc(N)c3C#N)cc2)nc(Nc2ccccc2S(=O)(=O)O)n1. The third kappa shape index (κ3) is 5.36. The van der Waals surface area contributed by atoms with Gasteiger partial charge in [-0.2, -0.15) is 28.6 Å². The number of anilines is 6. The maximum absolute atomic E-state index is 11.7. The average Bonchev–Trinajstić information content (AvgIpc) is 3.19. The van der Waals surface area contributed by atoms with E-state index in [1.807, 2.05) is 17.5 Å². The number of nitrogens with one attached hydrogen (secondary N) is 3. The fourth-order valence-electron chi connectivity index (χ4n) is 3.12. The van der Waals surface area contributed by atoms with Gasteiger partial charge in [-0.15, -0.1) is 11.3 Å². The Morgan fingerprint density at radius 3 is 2.34 bits per heavy atom. The van der Waals surface area contributed by atoms with E-state index in [-0.39, 0.29) is 28.4 Å². The van der Waals surface area contributed by atoms with Gasteiger partial charge in [0.15, 0.2) is 0 Å². The van der Waals surface area contributed by atoms with Crippen LogP contribution in [0.4, 0.5) is 34.2 Å². The number of nitrogens with zero attached hydrogens (tertiary/aromatic N) is 4. The molecular formula is C22H18N8O3S2. The second-order valence-electron chi connectivity index (χ2n) is 6.95. The molecule has 0 saturated carbocycles. The molecule has 0 aliphatic rings. The van der Waals surface area contributed by atoms with Gasteiger partial charge >= 0.3 is 0 Å². The Labute approximate surface area is 204 Å². The number of nitrogen functional groups attached to an aromatic ring is 1. The summed E-state index contributed by atoms with van der Waals surface area (Å²) >= 11 is 1.31. The number of nitrogens with two attached hydrogens (primary N) is 1. The van der Waals surface area contributed by atoms with Crippen LogP contribution in [0.15, 0.2) is 71.6 Å². The molecule has 4 rings (SSSR count). The number of benzene rings is 2. The molecule has 4 aromatic rings. The van der Waals surface area contributed by atoms with E-state index in [0.717, 1.165) is 11.1 Å². The molecule has 2 heterocycles. The van der Waals surface area contributed by atoms with Crippen molar-refractivity contribution in [1.29, 1.82) is 5.26 Å². The minimum atomic E-state index is -4.47. The van der Waals surface area contributed by atoms with Crippen LogP contribution in [-0.4, -0.2) is 27.9 Å². The lowest BCUT2D eigenvalue weighted by atomic mass is 10.0. The minimum Gasteiger partial charge on any atom is -0.389 e. The Bertz CT molecular complexity index is 1540. The van der Waals surface area contributed by atoms with Crippen molar-refractivity contribution in [2.75, 3.05) is 21.7 Å². The molecule has 0 amide bonds. The topological polar surface area (TPSA) is 179 Å². The predicted octanol–water partition coefficient (Wildman–Crippen LogP) is 4.34. The van der Waals surface area contributed by atoms with Crippen LogP contribution in [-0.2, 0) is 10.1 Å². The van der Waals surface area contributed by atoms with E-state index in [2.05, 4.69) is 43.6 Å². The second kappa shape index (κ2) is 9.77. The van der Waals surface area contributed by atoms with Gasteiger partial charge in [0.1, 0.15) is 16.0 Å². The summed E-state index contributed by atoms with van der Waals surface area (Å²) < 4.78 is 32.9.